The Morgan fingerprint density at radius 3 is 2.72 bits per heavy atom. The number of carbonyl (C=O) groups is 1. The summed E-state index contributed by atoms with van der Waals surface area (Å²) in [7, 11) is 1.64. The van der Waals surface area contributed by atoms with Crippen molar-refractivity contribution in [3.05, 3.63) is 23.3 Å². The van der Waals surface area contributed by atoms with Gasteiger partial charge in [0, 0.05) is 24.5 Å². The second kappa shape index (κ2) is 6.26. The van der Waals surface area contributed by atoms with Crippen LogP contribution in [-0.2, 0) is 4.74 Å². The normalized spacial score (nSPS) is 12.2. The van der Waals surface area contributed by atoms with Crippen LogP contribution in [0.25, 0.3) is 0 Å². The van der Waals surface area contributed by atoms with E-state index in [1.165, 1.54) is 0 Å². The number of carboxylic acid groups (broad SMARTS) is 1. The molecule has 5 heteroatoms. The van der Waals surface area contributed by atoms with Crippen molar-refractivity contribution in [1.82, 2.24) is 0 Å². The Labute approximate surface area is 107 Å². The first-order valence-corrected chi connectivity index (χ1v) is 5.88. The van der Waals surface area contributed by atoms with Crippen molar-refractivity contribution in [3.63, 3.8) is 0 Å². The van der Waals surface area contributed by atoms with Gasteiger partial charge in [0.05, 0.1) is 12.2 Å². The predicted molar refractivity (Wildman–Crippen MR) is 72.1 cm³/mol. The van der Waals surface area contributed by atoms with Crippen molar-refractivity contribution in [2.24, 2.45) is 0 Å². The number of nitrogen functional groups attached to an aromatic ring is 1. The van der Waals surface area contributed by atoms with Gasteiger partial charge in [-0.05, 0) is 31.0 Å². The smallest absolute Gasteiger partial charge is 0.337 e. The number of methoxy groups -OCH3 is 1. The summed E-state index contributed by atoms with van der Waals surface area (Å²) in [6.45, 7) is 4.41. The van der Waals surface area contributed by atoms with Gasteiger partial charge < -0.3 is 20.9 Å². The first-order valence-electron chi connectivity index (χ1n) is 5.88. The lowest BCUT2D eigenvalue weighted by Crippen LogP contribution is -2.24. The van der Waals surface area contributed by atoms with Crippen LogP contribution < -0.4 is 11.1 Å². The highest BCUT2D eigenvalue weighted by Crippen LogP contribution is 2.23. The molecule has 100 valence electrons. The van der Waals surface area contributed by atoms with E-state index in [4.69, 9.17) is 15.6 Å². The molecule has 5 nitrogen and oxygen atoms in total. The first kappa shape index (κ1) is 14.3. The fraction of sp³-hybridized carbons (Fsp3) is 0.462. The molecule has 4 N–H and O–H groups in total. The molecule has 1 rings (SSSR count). The minimum atomic E-state index is -1.01. The largest absolute Gasteiger partial charge is 0.478 e. The number of benzene rings is 1. The molecule has 0 heterocycles. The van der Waals surface area contributed by atoms with E-state index >= 15 is 0 Å². The number of nitrogens with one attached hydrogen (secondary N) is 1. The van der Waals surface area contributed by atoms with E-state index in [9.17, 15) is 4.79 Å². The number of aromatic carboxylic acids is 1. The Bertz CT molecular complexity index is 432. The molecule has 0 saturated carbocycles. The van der Waals surface area contributed by atoms with E-state index in [-0.39, 0.29) is 11.6 Å². The van der Waals surface area contributed by atoms with E-state index in [1.807, 2.05) is 13.0 Å². The summed E-state index contributed by atoms with van der Waals surface area (Å²) in [6.07, 6.45) is 0.889. The zero-order valence-corrected chi connectivity index (χ0v) is 11.0. The fourth-order valence-corrected chi connectivity index (χ4v) is 1.76. The third kappa shape index (κ3) is 3.37. The van der Waals surface area contributed by atoms with Gasteiger partial charge in [-0.1, -0.05) is 6.92 Å². The fourth-order valence-electron chi connectivity index (χ4n) is 1.76. The van der Waals surface area contributed by atoms with Crippen molar-refractivity contribution in [2.45, 2.75) is 26.3 Å². The molecule has 1 atom stereocenters. The average molecular weight is 252 g/mol. The predicted octanol–water partition coefficient (Wildman–Crippen LogP) is 2.11. The van der Waals surface area contributed by atoms with E-state index in [0.717, 1.165) is 17.7 Å². The van der Waals surface area contributed by atoms with E-state index in [1.54, 1.807) is 20.1 Å². The summed E-state index contributed by atoms with van der Waals surface area (Å²) >= 11 is 0. The lowest BCUT2D eigenvalue weighted by Gasteiger charge is -2.18. The van der Waals surface area contributed by atoms with Gasteiger partial charge in [-0.25, -0.2) is 4.79 Å². The van der Waals surface area contributed by atoms with Gasteiger partial charge in [-0.2, -0.15) is 0 Å². The topological polar surface area (TPSA) is 84.6 Å². The van der Waals surface area contributed by atoms with Crippen LogP contribution in [0.1, 0.15) is 29.3 Å². The number of nitrogens with two attached hydrogens (primary N) is 1. The lowest BCUT2D eigenvalue weighted by molar-refractivity contribution is 0.0698. The Hall–Kier alpha value is -1.75. The summed E-state index contributed by atoms with van der Waals surface area (Å²) in [5, 5.41) is 12.3. The van der Waals surface area contributed by atoms with Crippen LogP contribution in [0.5, 0.6) is 0 Å². The van der Waals surface area contributed by atoms with Crippen LogP contribution in [0.3, 0.4) is 0 Å². The molecule has 0 bridgehead atoms. The highest BCUT2D eigenvalue weighted by atomic mass is 16.5. The van der Waals surface area contributed by atoms with Gasteiger partial charge in [0.1, 0.15) is 0 Å². The van der Waals surface area contributed by atoms with Crippen LogP contribution in [0, 0.1) is 6.92 Å². The molecule has 0 spiro atoms. The molecule has 0 radical (unpaired) electrons. The van der Waals surface area contributed by atoms with E-state index < -0.39 is 5.97 Å². The van der Waals surface area contributed by atoms with Crippen molar-refractivity contribution in [2.75, 3.05) is 24.8 Å². The minimum absolute atomic E-state index is 0.129. The van der Waals surface area contributed by atoms with Crippen LogP contribution >= 0.6 is 0 Å². The molecule has 0 fully saturated rings. The molecule has 0 saturated heterocycles. The van der Waals surface area contributed by atoms with E-state index in [2.05, 4.69) is 5.32 Å². The summed E-state index contributed by atoms with van der Waals surface area (Å²) in [5.74, 6) is -1.01. The molecule has 1 aromatic rings. The van der Waals surface area contributed by atoms with Crippen molar-refractivity contribution < 1.29 is 14.6 Å². The Morgan fingerprint density at radius 1 is 1.56 bits per heavy atom. The van der Waals surface area contributed by atoms with Gasteiger partial charge in [0.2, 0.25) is 0 Å². The molecule has 0 aliphatic rings. The Kier molecular flexibility index (Phi) is 4.97. The van der Waals surface area contributed by atoms with Gasteiger partial charge in [-0.15, -0.1) is 0 Å². The summed E-state index contributed by atoms with van der Waals surface area (Å²) in [5.41, 5.74) is 7.69. The second-order valence-corrected chi connectivity index (χ2v) is 4.26. The number of hydrogen-bond acceptors (Lipinski definition) is 4. The number of anilines is 2. The maximum Gasteiger partial charge on any atom is 0.337 e. The number of ether oxygens (including phenoxy) is 1. The van der Waals surface area contributed by atoms with Gasteiger partial charge in [-0.3, -0.25) is 0 Å². The molecule has 0 aromatic heterocycles. The second-order valence-electron chi connectivity index (χ2n) is 4.26. The number of aryl methyl sites for hydroxylation is 1. The summed E-state index contributed by atoms with van der Waals surface area (Å²) in [4.78, 5) is 11.1. The van der Waals surface area contributed by atoms with Crippen molar-refractivity contribution >= 4 is 17.3 Å². The monoisotopic (exact) mass is 252 g/mol. The maximum absolute atomic E-state index is 11.1. The van der Waals surface area contributed by atoms with Crippen LogP contribution in [-0.4, -0.2) is 30.8 Å². The summed E-state index contributed by atoms with van der Waals surface area (Å²) < 4.78 is 5.10. The third-order valence-corrected chi connectivity index (χ3v) is 2.85. The number of carboxylic acids is 1. The van der Waals surface area contributed by atoms with Crippen LogP contribution in [0.4, 0.5) is 11.4 Å². The molecule has 0 aliphatic heterocycles. The van der Waals surface area contributed by atoms with Crippen LogP contribution in [0.2, 0.25) is 0 Å². The zero-order valence-electron chi connectivity index (χ0n) is 11.0. The number of rotatable bonds is 6. The molecular weight excluding hydrogens is 232 g/mol. The quantitative estimate of drug-likeness (QED) is 0.675. The Morgan fingerprint density at radius 2 is 2.22 bits per heavy atom. The minimum Gasteiger partial charge on any atom is -0.478 e. The molecular formula is C13H20N2O3. The maximum atomic E-state index is 11.1. The third-order valence-electron chi connectivity index (χ3n) is 2.85. The Balaban J connectivity index is 2.99. The summed E-state index contributed by atoms with van der Waals surface area (Å²) in [6, 6.07) is 3.56. The SMILES string of the molecule is CCC(COC)Nc1cc(C)c(N)c(C(=O)O)c1. The highest BCUT2D eigenvalue weighted by Gasteiger charge is 2.13. The number of hydrogen-bond donors (Lipinski definition) is 3. The van der Waals surface area contributed by atoms with E-state index in [0.29, 0.717) is 12.3 Å². The highest BCUT2D eigenvalue weighted by molar-refractivity contribution is 5.95. The standard InChI is InChI=1S/C13H20N2O3/c1-4-9(7-18-3)15-10-5-8(2)12(14)11(6-10)13(16)17/h5-6,9,15H,4,7,14H2,1-3H3,(H,16,17). The van der Waals surface area contributed by atoms with Crippen molar-refractivity contribution in [1.29, 1.82) is 0 Å². The van der Waals surface area contributed by atoms with Crippen LogP contribution in [0.15, 0.2) is 12.1 Å². The van der Waals surface area contributed by atoms with Gasteiger partial charge in [0.25, 0.3) is 0 Å². The molecule has 18 heavy (non-hydrogen) atoms. The van der Waals surface area contributed by atoms with Crippen molar-refractivity contribution in [3.8, 4) is 0 Å². The van der Waals surface area contributed by atoms with Gasteiger partial charge >= 0.3 is 5.97 Å². The zero-order chi connectivity index (χ0) is 13.7. The molecule has 1 unspecified atom stereocenters. The first-order chi connectivity index (χ1) is 8.49. The molecule has 1 aromatic carbocycles. The molecule has 0 aliphatic carbocycles. The van der Waals surface area contributed by atoms with Gasteiger partial charge in [0.15, 0.2) is 0 Å². The average Bonchev–Trinajstić information content (AvgIpc) is 2.32. The lowest BCUT2D eigenvalue weighted by atomic mass is 10.1. The molecule has 0 amide bonds.